The van der Waals surface area contributed by atoms with Crippen LogP contribution in [0.4, 0.5) is 5.69 Å². The molecule has 9 nitrogen and oxygen atoms in total. The average Bonchev–Trinajstić information content (AvgIpc) is 2.56. The SMILES string of the molecule is Cc1nn(C2CCC(O)NC2=O)c(=O)c2c(NCC(=O)O)cccc12. The van der Waals surface area contributed by atoms with E-state index in [4.69, 9.17) is 5.11 Å². The number of hydrogen-bond donors (Lipinski definition) is 4. The summed E-state index contributed by atoms with van der Waals surface area (Å²) in [5.74, 6) is -1.52. The zero-order chi connectivity index (χ0) is 18.1. The zero-order valence-corrected chi connectivity index (χ0v) is 13.5. The van der Waals surface area contributed by atoms with Gasteiger partial charge in [-0.1, -0.05) is 12.1 Å². The summed E-state index contributed by atoms with van der Waals surface area (Å²) in [6.07, 6.45) is -0.315. The van der Waals surface area contributed by atoms with Crippen LogP contribution >= 0.6 is 0 Å². The van der Waals surface area contributed by atoms with Gasteiger partial charge in [0.15, 0.2) is 0 Å². The number of carboxylic acid groups (broad SMARTS) is 1. The summed E-state index contributed by atoms with van der Waals surface area (Å²) < 4.78 is 1.12. The molecule has 1 aromatic carbocycles. The van der Waals surface area contributed by atoms with Crippen molar-refractivity contribution in [3.63, 3.8) is 0 Å². The first-order chi connectivity index (χ1) is 11.9. The lowest BCUT2D eigenvalue weighted by atomic mass is 10.0. The van der Waals surface area contributed by atoms with E-state index >= 15 is 0 Å². The van der Waals surface area contributed by atoms with Gasteiger partial charge in [0, 0.05) is 11.1 Å². The van der Waals surface area contributed by atoms with E-state index < -0.39 is 29.7 Å². The molecule has 1 saturated heterocycles. The quantitative estimate of drug-likeness (QED) is 0.611. The van der Waals surface area contributed by atoms with Crippen LogP contribution in [0.2, 0.25) is 0 Å². The normalized spacial score (nSPS) is 20.3. The van der Waals surface area contributed by atoms with Crippen LogP contribution in [0.5, 0.6) is 0 Å². The van der Waals surface area contributed by atoms with Gasteiger partial charge in [0.25, 0.3) is 5.56 Å². The first kappa shape index (κ1) is 16.9. The Kier molecular flexibility index (Phi) is 4.41. The smallest absolute Gasteiger partial charge is 0.322 e. The molecule has 2 aromatic rings. The third-order valence-corrected chi connectivity index (χ3v) is 4.18. The van der Waals surface area contributed by atoms with E-state index in [2.05, 4.69) is 15.7 Å². The number of carbonyl (C=O) groups is 2. The van der Waals surface area contributed by atoms with Crippen LogP contribution in [0, 0.1) is 6.92 Å². The fourth-order valence-electron chi connectivity index (χ4n) is 3.00. The molecular formula is C16H18N4O5. The molecule has 1 aliphatic heterocycles. The van der Waals surface area contributed by atoms with Gasteiger partial charge in [-0.15, -0.1) is 0 Å². The van der Waals surface area contributed by atoms with Crippen molar-refractivity contribution in [2.45, 2.75) is 32.0 Å². The number of carbonyl (C=O) groups excluding carboxylic acids is 1. The lowest BCUT2D eigenvalue weighted by molar-refractivity contribution is -0.135. The average molecular weight is 346 g/mol. The number of aliphatic hydroxyl groups is 1. The molecule has 0 radical (unpaired) electrons. The summed E-state index contributed by atoms with van der Waals surface area (Å²) in [4.78, 5) is 35.9. The highest BCUT2D eigenvalue weighted by molar-refractivity contribution is 5.95. The maximum Gasteiger partial charge on any atom is 0.322 e. The molecule has 3 rings (SSSR count). The first-order valence-electron chi connectivity index (χ1n) is 7.84. The van der Waals surface area contributed by atoms with Gasteiger partial charge in [-0.25, -0.2) is 4.68 Å². The van der Waals surface area contributed by atoms with Gasteiger partial charge >= 0.3 is 5.97 Å². The van der Waals surface area contributed by atoms with Crippen molar-refractivity contribution >= 4 is 28.3 Å². The summed E-state index contributed by atoms with van der Waals surface area (Å²) in [6, 6.07) is 4.22. The van der Waals surface area contributed by atoms with E-state index in [1.807, 2.05) is 0 Å². The third-order valence-electron chi connectivity index (χ3n) is 4.18. The molecule has 2 atom stereocenters. The highest BCUT2D eigenvalue weighted by atomic mass is 16.4. The number of anilines is 1. The van der Waals surface area contributed by atoms with E-state index in [9.17, 15) is 19.5 Å². The minimum atomic E-state index is -1.05. The molecule has 132 valence electrons. The van der Waals surface area contributed by atoms with Crippen molar-refractivity contribution in [3.8, 4) is 0 Å². The van der Waals surface area contributed by atoms with Crippen LogP contribution in [-0.4, -0.2) is 44.6 Å². The number of fused-ring (bicyclic) bond motifs is 1. The summed E-state index contributed by atoms with van der Waals surface area (Å²) in [6.45, 7) is 1.38. The number of benzene rings is 1. The third kappa shape index (κ3) is 3.18. The molecule has 1 fully saturated rings. The van der Waals surface area contributed by atoms with Gasteiger partial charge in [-0.2, -0.15) is 5.10 Å². The second-order valence-corrected chi connectivity index (χ2v) is 5.93. The molecule has 0 spiro atoms. The van der Waals surface area contributed by atoms with Crippen molar-refractivity contribution in [1.82, 2.24) is 15.1 Å². The number of aliphatic hydroxyl groups excluding tert-OH is 1. The molecule has 1 amide bonds. The molecule has 0 bridgehead atoms. The molecule has 2 unspecified atom stereocenters. The molecular weight excluding hydrogens is 328 g/mol. The first-order valence-corrected chi connectivity index (χ1v) is 7.84. The van der Waals surface area contributed by atoms with E-state index in [0.29, 0.717) is 23.2 Å². The van der Waals surface area contributed by atoms with Gasteiger partial charge in [0.05, 0.1) is 11.1 Å². The van der Waals surface area contributed by atoms with E-state index in [0.717, 1.165) is 4.68 Å². The van der Waals surface area contributed by atoms with Crippen LogP contribution in [0.15, 0.2) is 23.0 Å². The molecule has 1 aliphatic rings. The largest absolute Gasteiger partial charge is 0.480 e. The Labute approximate surface area is 142 Å². The lowest BCUT2D eigenvalue weighted by Gasteiger charge is -2.27. The van der Waals surface area contributed by atoms with Gasteiger partial charge in [0.1, 0.15) is 18.8 Å². The van der Waals surface area contributed by atoms with Crippen molar-refractivity contribution in [2.24, 2.45) is 0 Å². The number of aryl methyl sites for hydroxylation is 1. The van der Waals surface area contributed by atoms with Crippen molar-refractivity contribution in [2.75, 3.05) is 11.9 Å². The topological polar surface area (TPSA) is 134 Å². The molecule has 9 heteroatoms. The Morgan fingerprint density at radius 3 is 2.84 bits per heavy atom. The summed E-state index contributed by atoms with van der Waals surface area (Å²) in [7, 11) is 0. The van der Waals surface area contributed by atoms with Crippen LogP contribution in [0.1, 0.15) is 24.6 Å². The van der Waals surface area contributed by atoms with Gasteiger partial charge in [-0.05, 0) is 25.8 Å². The number of hydrogen-bond acceptors (Lipinski definition) is 6. The van der Waals surface area contributed by atoms with Crippen LogP contribution < -0.4 is 16.2 Å². The van der Waals surface area contributed by atoms with Crippen molar-refractivity contribution < 1.29 is 19.8 Å². The van der Waals surface area contributed by atoms with E-state index in [-0.39, 0.29) is 18.4 Å². The number of piperidine rings is 1. The fourth-order valence-corrected chi connectivity index (χ4v) is 3.00. The monoisotopic (exact) mass is 346 g/mol. The number of nitrogens with one attached hydrogen (secondary N) is 2. The fraction of sp³-hybridized carbons (Fsp3) is 0.375. The molecule has 0 aliphatic carbocycles. The lowest BCUT2D eigenvalue weighted by Crippen LogP contribution is -2.47. The van der Waals surface area contributed by atoms with E-state index in [1.165, 1.54) is 0 Å². The zero-order valence-electron chi connectivity index (χ0n) is 13.5. The maximum atomic E-state index is 12.9. The predicted octanol–water partition coefficient (Wildman–Crippen LogP) is -0.0291. The van der Waals surface area contributed by atoms with Gasteiger partial charge in [-0.3, -0.25) is 14.4 Å². The minimum absolute atomic E-state index is 0.287. The Bertz CT molecular complexity index is 907. The molecule has 25 heavy (non-hydrogen) atoms. The van der Waals surface area contributed by atoms with E-state index in [1.54, 1.807) is 25.1 Å². The number of aliphatic carboxylic acids is 1. The Hall–Kier alpha value is -2.94. The second kappa shape index (κ2) is 6.52. The molecule has 4 N–H and O–H groups in total. The Morgan fingerprint density at radius 1 is 1.40 bits per heavy atom. The highest BCUT2D eigenvalue weighted by Crippen LogP contribution is 2.24. The summed E-state index contributed by atoms with van der Waals surface area (Å²) in [5, 5.41) is 28.6. The molecule has 0 saturated carbocycles. The highest BCUT2D eigenvalue weighted by Gasteiger charge is 2.30. The number of amides is 1. The van der Waals surface area contributed by atoms with Gasteiger partial charge < -0.3 is 20.8 Å². The standard InChI is InChI=1S/C16H18N4O5/c1-8-9-3-2-4-10(17-7-13(22)23)14(9)16(25)20(19-8)11-5-6-12(21)18-15(11)24/h2-4,11-12,17,21H,5-7H2,1H3,(H,18,24)(H,22,23). The number of nitrogens with zero attached hydrogens (tertiary/aromatic N) is 2. The van der Waals surface area contributed by atoms with Crippen molar-refractivity contribution in [3.05, 3.63) is 34.2 Å². The molecule has 2 heterocycles. The summed E-state index contributed by atoms with van der Waals surface area (Å²) in [5.41, 5.74) is 0.443. The minimum Gasteiger partial charge on any atom is -0.480 e. The predicted molar refractivity (Wildman–Crippen MR) is 89.3 cm³/mol. The summed E-state index contributed by atoms with van der Waals surface area (Å²) >= 11 is 0. The van der Waals surface area contributed by atoms with Crippen LogP contribution in [-0.2, 0) is 9.59 Å². The number of carboxylic acids is 1. The Morgan fingerprint density at radius 2 is 2.16 bits per heavy atom. The second-order valence-electron chi connectivity index (χ2n) is 5.93. The number of rotatable bonds is 4. The van der Waals surface area contributed by atoms with Gasteiger partial charge in [0.2, 0.25) is 5.91 Å². The maximum absolute atomic E-state index is 12.9. The van der Waals surface area contributed by atoms with Crippen LogP contribution in [0.3, 0.4) is 0 Å². The number of aromatic nitrogens is 2. The van der Waals surface area contributed by atoms with Crippen LogP contribution in [0.25, 0.3) is 10.8 Å². The van der Waals surface area contributed by atoms with Crippen molar-refractivity contribution in [1.29, 1.82) is 0 Å². The molecule has 1 aromatic heterocycles. The Balaban J connectivity index is 2.14.